The van der Waals surface area contributed by atoms with E-state index in [9.17, 15) is 0 Å². The van der Waals surface area contributed by atoms with Gasteiger partial charge in [0.25, 0.3) is 0 Å². The number of benzene rings is 1. The smallest absolute Gasteiger partial charge is 0.0756 e. The SMILES string of the molecule is C=CC1CCC(C=CC2CCC(c3ccc(CCC)cc3)CO2)CC1. The molecule has 2 aliphatic rings. The lowest BCUT2D eigenvalue weighted by molar-refractivity contribution is 0.0323. The van der Waals surface area contributed by atoms with Crippen molar-refractivity contribution in [2.45, 2.75) is 70.3 Å². The molecule has 0 bridgehead atoms. The highest BCUT2D eigenvalue weighted by Gasteiger charge is 2.22. The first kappa shape index (κ1) is 18.5. The normalized spacial score (nSPS) is 30.4. The molecule has 1 saturated carbocycles. The zero-order valence-electron chi connectivity index (χ0n) is 15.8. The lowest BCUT2D eigenvalue weighted by Gasteiger charge is -2.29. The molecule has 1 heteroatoms. The quantitative estimate of drug-likeness (QED) is 0.542. The fourth-order valence-corrected chi connectivity index (χ4v) is 4.29. The van der Waals surface area contributed by atoms with Gasteiger partial charge in [-0.25, -0.2) is 0 Å². The first-order valence-corrected chi connectivity index (χ1v) is 10.3. The van der Waals surface area contributed by atoms with Crippen LogP contribution in [0.2, 0.25) is 0 Å². The second kappa shape index (κ2) is 9.38. The van der Waals surface area contributed by atoms with Crippen LogP contribution in [-0.4, -0.2) is 12.7 Å². The Morgan fingerprint density at radius 3 is 2.28 bits per heavy atom. The molecule has 1 heterocycles. The molecule has 1 aromatic rings. The lowest BCUT2D eigenvalue weighted by atomic mass is 9.81. The second-order valence-electron chi connectivity index (χ2n) is 7.93. The Morgan fingerprint density at radius 1 is 0.960 bits per heavy atom. The largest absolute Gasteiger partial charge is 0.374 e. The highest BCUT2D eigenvalue weighted by molar-refractivity contribution is 5.26. The zero-order chi connectivity index (χ0) is 17.5. The van der Waals surface area contributed by atoms with Crippen molar-refractivity contribution in [2.24, 2.45) is 11.8 Å². The van der Waals surface area contributed by atoms with Gasteiger partial charge in [0.15, 0.2) is 0 Å². The third-order valence-electron chi connectivity index (χ3n) is 6.05. The molecule has 3 rings (SSSR count). The van der Waals surface area contributed by atoms with Gasteiger partial charge >= 0.3 is 0 Å². The average molecular weight is 339 g/mol. The number of hydrogen-bond acceptors (Lipinski definition) is 1. The standard InChI is InChI=1S/C24H34O/c1-3-5-20-10-13-22(14-11-20)23-15-17-24(25-18-23)16-12-21-8-6-19(4-2)7-9-21/h4,10-14,16,19,21,23-24H,2-3,5-9,15,17-18H2,1H3. The van der Waals surface area contributed by atoms with E-state index in [-0.39, 0.29) is 0 Å². The Hall–Kier alpha value is -1.34. The van der Waals surface area contributed by atoms with E-state index in [0.717, 1.165) is 24.9 Å². The van der Waals surface area contributed by atoms with Crippen molar-refractivity contribution in [3.63, 3.8) is 0 Å². The van der Waals surface area contributed by atoms with Crippen molar-refractivity contribution in [1.82, 2.24) is 0 Å². The first-order chi connectivity index (χ1) is 12.3. The first-order valence-electron chi connectivity index (χ1n) is 10.3. The molecule has 136 valence electrons. The molecule has 0 radical (unpaired) electrons. The van der Waals surface area contributed by atoms with Crippen molar-refractivity contribution < 1.29 is 4.74 Å². The molecule has 1 aliphatic heterocycles. The predicted octanol–water partition coefficient (Wildman–Crippen LogP) is 6.45. The van der Waals surface area contributed by atoms with Gasteiger partial charge in [0.2, 0.25) is 0 Å². The molecule has 2 fully saturated rings. The molecule has 0 aromatic heterocycles. The van der Waals surface area contributed by atoms with E-state index < -0.39 is 0 Å². The molecular weight excluding hydrogens is 304 g/mol. The number of ether oxygens (including phenoxy) is 1. The summed E-state index contributed by atoms with van der Waals surface area (Å²) >= 11 is 0. The van der Waals surface area contributed by atoms with E-state index in [1.54, 1.807) is 0 Å². The number of rotatable bonds is 6. The van der Waals surface area contributed by atoms with Crippen LogP contribution in [0.3, 0.4) is 0 Å². The summed E-state index contributed by atoms with van der Waals surface area (Å²) in [6.07, 6.45) is 17.3. The van der Waals surface area contributed by atoms with Gasteiger partial charge < -0.3 is 4.74 Å². The molecule has 0 spiro atoms. The van der Waals surface area contributed by atoms with E-state index in [0.29, 0.717) is 12.0 Å². The molecule has 0 N–H and O–H groups in total. The molecule has 1 nitrogen and oxygen atoms in total. The third kappa shape index (κ3) is 5.31. The van der Waals surface area contributed by atoms with Gasteiger partial charge in [0.1, 0.15) is 0 Å². The van der Waals surface area contributed by atoms with E-state index in [1.165, 1.54) is 56.1 Å². The third-order valence-corrected chi connectivity index (χ3v) is 6.05. The molecule has 25 heavy (non-hydrogen) atoms. The fraction of sp³-hybridized carbons (Fsp3) is 0.583. The Labute approximate surface area is 154 Å². The van der Waals surface area contributed by atoms with Gasteiger partial charge in [-0.15, -0.1) is 6.58 Å². The van der Waals surface area contributed by atoms with Crippen molar-refractivity contribution in [1.29, 1.82) is 0 Å². The van der Waals surface area contributed by atoms with Crippen molar-refractivity contribution >= 4 is 0 Å². The monoisotopic (exact) mass is 338 g/mol. The van der Waals surface area contributed by atoms with Gasteiger partial charge in [-0.3, -0.25) is 0 Å². The summed E-state index contributed by atoms with van der Waals surface area (Å²) in [7, 11) is 0. The second-order valence-corrected chi connectivity index (χ2v) is 7.93. The fourth-order valence-electron chi connectivity index (χ4n) is 4.29. The molecule has 1 aromatic carbocycles. The maximum atomic E-state index is 6.15. The topological polar surface area (TPSA) is 9.23 Å². The summed E-state index contributed by atoms with van der Waals surface area (Å²) in [5, 5.41) is 0. The van der Waals surface area contributed by atoms with Gasteiger partial charge in [-0.2, -0.15) is 0 Å². The predicted molar refractivity (Wildman–Crippen MR) is 107 cm³/mol. The summed E-state index contributed by atoms with van der Waals surface area (Å²) in [5.74, 6) is 2.08. The van der Waals surface area contributed by atoms with Gasteiger partial charge in [0, 0.05) is 5.92 Å². The van der Waals surface area contributed by atoms with Crippen LogP contribution in [0.5, 0.6) is 0 Å². The van der Waals surface area contributed by atoms with Crippen LogP contribution in [0.1, 0.15) is 68.9 Å². The van der Waals surface area contributed by atoms with Crippen LogP contribution in [-0.2, 0) is 11.2 Å². The van der Waals surface area contributed by atoms with Crippen LogP contribution in [0.25, 0.3) is 0 Å². The number of hydrogen-bond donors (Lipinski definition) is 0. The van der Waals surface area contributed by atoms with Gasteiger partial charge in [-0.05, 0) is 67.9 Å². The van der Waals surface area contributed by atoms with Gasteiger partial charge in [-0.1, -0.05) is 55.8 Å². The molecule has 2 atom stereocenters. The summed E-state index contributed by atoms with van der Waals surface area (Å²) in [5.41, 5.74) is 2.90. The summed E-state index contributed by atoms with van der Waals surface area (Å²) in [4.78, 5) is 0. The van der Waals surface area contributed by atoms with Crippen LogP contribution in [0.15, 0.2) is 49.1 Å². The zero-order valence-corrected chi connectivity index (χ0v) is 15.8. The molecule has 0 amide bonds. The summed E-state index contributed by atoms with van der Waals surface area (Å²) in [6, 6.07) is 9.22. The van der Waals surface area contributed by atoms with E-state index in [4.69, 9.17) is 4.74 Å². The van der Waals surface area contributed by atoms with Crippen molar-refractivity contribution in [3.8, 4) is 0 Å². The van der Waals surface area contributed by atoms with Crippen LogP contribution < -0.4 is 0 Å². The lowest BCUT2D eigenvalue weighted by Crippen LogP contribution is -2.23. The van der Waals surface area contributed by atoms with E-state index >= 15 is 0 Å². The Bertz CT molecular complexity index is 540. The van der Waals surface area contributed by atoms with Gasteiger partial charge in [0.05, 0.1) is 12.7 Å². The van der Waals surface area contributed by atoms with Crippen LogP contribution in [0, 0.1) is 11.8 Å². The highest BCUT2D eigenvalue weighted by atomic mass is 16.5. The maximum Gasteiger partial charge on any atom is 0.0756 e. The summed E-state index contributed by atoms with van der Waals surface area (Å²) < 4.78 is 6.15. The van der Waals surface area contributed by atoms with Crippen LogP contribution >= 0.6 is 0 Å². The minimum Gasteiger partial charge on any atom is -0.374 e. The van der Waals surface area contributed by atoms with E-state index in [1.807, 2.05) is 0 Å². The molecule has 2 unspecified atom stereocenters. The molecular formula is C24H34O. The van der Waals surface area contributed by atoms with E-state index in [2.05, 4.69) is 56.0 Å². The van der Waals surface area contributed by atoms with Crippen molar-refractivity contribution in [2.75, 3.05) is 6.61 Å². The number of aryl methyl sites for hydroxylation is 1. The van der Waals surface area contributed by atoms with Crippen LogP contribution in [0.4, 0.5) is 0 Å². The van der Waals surface area contributed by atoms with Crippen molar-refractivity contribution in [3.05, 3.63) is 60.2 Å². The Kier molecular flexibility index (Phi) is 6.93. The maximum absolute atomic E-state index is 6.15. The minimum absolute atomic E-state index is 0.327. The Morgan fingerprint density at radius 2 is 1.68 bits per heavy atom. The molecule has 1 saturated heterocycles. The summed E-state index contributed by atoms with van der Waals surface area (Å²) in [6.45, 7) is 7.04. The number of allylic oxidation sites excluding steroid dienone is 2. The highest BCUT2D eigenvalue weighted by Crippen LogP contribution is 2.32. The molecule has 1 aliphatic carbocycles. The minimum atomic E-state index is 0.327. The Balaban J connectivity index is 1.44. The average Bonchev–Trinajstić information content (AvgIpc) is 2.68.